The standard InChI is InChI=1S/C24H28N2O6/c1-4-5-13-32-18-7-6-17(15-19(18)31-3)21-20(22(27)16-8-10-25-11-9-16)23(28)24(29)26(21)12-14-30-2/h6-11,15,21,27H,4-5,12-14H2,1-3H3. The molecule has 8 heteroatoms. The average Bonchev–Trinajstić information content (AvgIpc) is 3.07. The summed E-state index contributed by atoms with van der Waals surface area (Å²) in [4.78, 5) is 31.1. The van der Waals surface area contributed by atoms with Crippen LogP contribution in [0.4, 0.5) is 0 Å². The number of rotatable bonds is 10. The third-order valence-corrected chi connectivity index (χ3v) is 5.29. The van der Waals surface area contributed by atoms with E-state index in [0.717, 1.165) is 12.8 Å². The van der Waals surface area contributed by atoms with Gasteiger partial charge in [0, 0.05) is 31.6 Å². The van der Waals surface area contributed by atoms with Crippen LogP contribution < -0.4 is 9.47 Å². The maximum atomic E-state index is 13.0. The lowest BCUT2D eigenvalue weighted by Gasteiger charge is -2.25. The lowest BCUT2D eigenvalue weighted by atomic mass is 9.95. The van der Waals surface area contributed by atoms with E-state index in [1.165, 1.54) is 31.5 Å². The Hall–Kier alpha value is -3.39. The van der Waals surface area contributed by atoms with Gasteiger partial charge in [-0.2, -0.15) is 0 Å². The van der Waals surface area contributed by atoms with E-state index in [4.69, 9.17) is 14.2 Å². The number of likely N-dealkylation sites (tertiary alicyclic amines) is 1. The number of aliphatic hydroxyl groups is 1. The number of hydrogen-bond acceptors (Lipinski definition) is 7. The predicted molar refractivity (Wildman–Crippen MR) is 119 cm³/mol. The molecule has 0 aliphatic carbocycles. The highest BCUT2D eigenvalue weighted by Gasteiger charge is 2.46. The number of benzene rings is 1. The van der Waals surface area contributed by atoms with Gasteiger partial charge in [-0.25, -0.2) is 0 Å². The van der Waals surface area contributed by atoms with Crippen LogP contribution in [0.5, 0.6) is 11.5 Å². The van der Waals surface area contributed by atoms with E-state index in [-0.39, 0.29) is 24.5 Å². The Labute approximate surface area is 187 Å². The molecule has 170 valence electrons. The second-order valence-corrected chi connectivity index (χ2v) is 7.33. The number of aliphatic hydroxyl groups excluding tert-OH is 1. The van der Waals surface area contributed by atoms with E-state index in [1.54, 1.807) is 30.3 Å². The van der Waals surface area contributed by atoms with E-state index in [1.807, 2.05) is 0 Å². The summed E-state index contributed by atoms with van der Waals surface area (Å²) in [6.45, 7) is 3.07. The van der Waals surface area contributed by atoms with Crippen LogP contribution >= 0.6 is 0 Å². The second kappa shape index (κ2) is 10.8. The molecule has 2 aromatic rings. The lowest BCUT2D eigenvalue weighted by Crippen LogP contribution is -2.32. The minimum absolute atomic E-state index is 0.0130. The monoisotopic (exact) mass is 440 g/mol. The highest BCUT2D eigenvalue weighted by atomic mass is 16.5. The van der Waals surface area contributed by atoms with Gasteiger partial charge in [-0.1, -0.05) is 19.4 Å². The molecule has 1 amide bonds. The molecule has 1 aromatic carbocycles. The van der Waals surface area contributed by atoms with Crippen molar-refractivity contribution in [1.82, 2.24) is 9.88 Å². The van der Waals surface area contributed by atoms with Crippen LogP contribution in [0.2, 0.25) is 0 Å². The molecule has 2 heterocycles. The summed E-state index contributed by atoms with van der Waals surface area (Å²) in [6, 6.07) is 7.64. The first-order valence-electron chi connectivity index (χ1n) is 10.5. The number of methoxy groups -OCH3 is 2. The van der Waals surface area contributed by atoms with Gasteiger partial charge in [0.15, 0.2) is 11.5 Å². The molecule has 0 radical (unpaired) electrons. The van der Waals surface area contributed by atoms with Gasteiger partial charge in [-0.3, -0.25) is 14.6 Å². The van der Waals surface area contributed by atoms with Crippen LogP contribution in [0, 0.1) is 0 Å². The second-order valence-electron chi connectivity index (χ2n) is 7.33. The Morgan fingerprint density at radius 1 is 1.09 bits per heavy atom. The third kappa shape index (κ3) is 4.75. The number of aromatic nitrogens is 1. The van der Waals surface area contributed by atoms with Crippen molar-refractivity contribution in [1.29, 1.82) is 0 Å². The predicted octanol–water partition coefficient (Wildman–Crippen LogP) is 3.34. The summed E-state index contributed by atoms with van der Waals surface area (Å²) in [7, 11) is 3.05. The molecule has 0 saturated carbocycles. The van der Waals surface area contributed by atoms with Gasteiger partial charge in [0.25, 0.3) is 11.7 Å². The number of carbonyl (C=O) groups excluding carboxylic acids is 2. The van der Waals surface area contributed by atoms with Crippen molar-refractivity contribution in [2.75, 3.05) is 34.0 Å². The molecule has 8 nitrogen and oxygen atoms in total. The zero-order valence-electron chi connectivity index (χ0n) is 18.5. The zero-order chi connectivity index (χ0) is 23.1. The molecule has 1 fully saturated rings. The molecule has 1 aliphatic heterocycles. The van der Waals surface area contributed by atoms with Crippen LogP contribution in [0.1, 0.15) is 36.9 Å². The third-order valence-electron chi connectivity index (χ3n) is 5.29. The van der Waals surface area contributed by atoms with Gasteiger partial charge in [-0.15, -0.1) is 0 Å². The summed E-state index contributed by atoms with van der Waals surface area (Å²) in [5.41, 5.74) is 1.04. The van der Waals surface area contributed by atoms with Crippen molar-refractivity contribution in [2.24, 2.45) is 0 Å². The molecular formula is C24H28N2O6. The fraction of sp³-hybridized carbons (Fsp3) is 0.375. The molecule has 1 N–H and O–H groups in total. The van der Waals surface area contributed by atoms with Gasteiger partial charge in [0.05, 0.1) is 31.9 Å². The first kappa shape index (κ1) is 23.3. The molecule has 0 spiro atoms. The number of ketones is 1. The van der Waals surface area contributed by atoms with Gasteiger partial charge >= 0.3 is 0 Å². The summed E-state index contributed by atoms with van der Waals surface area (Å²) >= 11 is 0. The number of nitrogens with zero attached hydrogens (tertiary/aromatic N) is 2. The van der Waals surface area contributed by atoms with Crippen molar-refractivity contribution in [2.45, 2.75) is 25.8 Å². The number of Topliss-reactive ketones (excluding diaryl/α,β-unsaturated/α-hetero) is 1. The molecule has 32 heavy (non-hydrogen) atoms. The number of amides is 1. The molecule has 1 aliphatic rings. The fourth-order valence-electron chi connectivity index (χ4n) is 3.61. The van der Waals surface area contributed by atoms with Gasteiger partial charge < -0.3 is 24.2 Å². The molecule has 1 aromatic heterocycles. The molecule has 1 atom stereocenters. The Kier molecular flexibility index (Phi) is 7.83. The lowest BCUT2D eigenvalue weighted by molar-refractivity contribution is -0.140. The van der Waals surface area contributed by atoms with Crippen LogP contribution in [0.15, 0.2) is 48.3 Å². The van der Waals surface area contributed by atoms with Crippen molar-refractivity contribution < 1.29 is 28.9 Å². The van der Waals surface area contributed by atoms with Crippen LogP contribution in [0.25, 0.3) is 5.76 Å². The Balaban J connectivity index is 2.09. The van der Waals surface area contributed by atoms with Crippen molar-refractivity contribution in [3.8, 4) is 11.5 Å². The van der Waals surface area contributed by atoms with Crippen molar-refractivity contribution in [3.63, 3.8) is 0 Å². The van der Waals surface area contributed by atoms with Gasteiger partial charge in [0.1, 0.15) is 5.76 Å². The fourth-order valence-corrected chi connectivity index (χ4v) is 3.61. The minimum atomic E-state index is -0.795. The Morgan fingerprint density at radius 3 is 2.50 bits per heavy atom. The number of hydrogen-bond donors (Lipinski definition) is 1. The Morgan fingerprint density at radius 2 is 1.84 bits per heavy atom. The first-order valence-corrected chi connectivity index (χ1v) is 10.5. The molecule has 0 bridgehead atoms. The van der Waals surface area contributed by atoms with E-state index >= 15 is 0 Å². The largest absolute Gasteiger partial charge is 0.507 e. The van der Waals surface area contributed by atoms with E-state index in [2.05, 4.69) is 11.9 Å². The maximum absolute atomic E-state index is 13.0. The van der Waals surface area contributed by atoms with Gasteiger partial charge in [-0.05, 0) is 36.2 Å². The molecule has 1 saturated heterocycles. The smallest absolute Gasteiger partial charge is 0.295 e. The summed E-state index contributed by atoms with van der Waals surface area (Å²) in [5.74, 6) is -0.627. The van der Waals surface area contributed by atoms with E-state index in [0.29, 0.717) is 29.2 Å². The maximum Gasteiger partial charge on any atom is 0.295 e. The summed E-state index contributed by atoms with van der Waals surface area (Å²) in [6.07, 6.45) is 4.94. The first-order chi connectivity index (χ1) is 15.5. The summed E-state index contributed by atoms with van der Waals surface area (Å²) < 4.78 is 16.4. The Bertz CT molecular complexity index is 989. The quantitative estimate of drug-likeness (QED) is 0.262. The molecular weight excluding hydrogens is 412 g/mol. The average molecular weight is 440 g/mol. The van der Waals surface area contributed by atoms with Crippen LogP contribution in [-0.4, -0.2) is 60.7 Å². The number of unbranched alkanes of at least 4 members (excludes halogenated alkanes) is 1. The zero-order valence-corrected chi connectivity index (χ0v) is 18.5. The molecule has 1 unspecified atom stereocenters. The SMILES string of the molecule is CCCCOc1ccc(C2C(=C(O)c3ccncc3)C(=O)C(=O)N2CCOC)cc1OC. The van der Waals surface area contributed by atoms with Crippen molar-refractivity contribution >= 4 is 17.4 Å². The minimum Gasteiger partial charge on any atom is -0.507 e. The topological polar surface area (TPSA) is 98.2 Å². The van der Waals surface area contributed by atoms with Crippen LogP contribution in [0.3, 0.4) is 0 Å². The number of pyridine rings is 1. The van der Waals surface area contributed by atoms with E-state index in [9.17, 15) is 14.7 Å². The highest BCUT2D eigenvalue weighted by Crippen LogP contribution is 2.41. The van der Waals surface area contributed by atoms with Gasteiger partial charge in [0.2, 0.25) is 0 Å². The van der Waals surface area contributed by atoms with Crippen molar-refractivity contribution in [3.05, 3.63) is 59.4 Å². The number of carbonyl (C=O) groups is 2. The number of ether oxygens (including phenoxy) is 3. The normalized spacial score (nSPS) is 17.6. The highest BCUT2D eigenvalue weighted by molar-refractivity contribution is 6.46. The molecule has 3 rings (SSSR count). The summed E-state index contributed by atoms with van der Waals surface area (Å²) in [5, 5.41) is 11.0. The van der Waals surface area contributed by atoms with E-state index < -0.39 is 17.7 Å². The van der Waals surface area contributed by atoms with Crippen LogP contribution in [-0.2, 0) is 14.3 Å².